The minimum atomic E-state index is -0.832. The SMILES string of the molecule is CC/C=C\C/C=C\C/C=C\CCCCCCC(=O)OC(COC(=O)CC/C=C\C/C=C\CCCCCCCC)COC(=O)CCC/C=C\C/C=C\C/C=C\CCCCCCCC. The Labute approximate surface area is 381 Å². The average Bonchev–Trinajstić information content (AvgIpc) is 3.27. The molecule has 62 heavy (non-hydrogen) atoms. The molecule has 1 atom stereocenters. The van der Waals surface area contributed by atoms with E-state index in [1.807, 2.05) is 6.08 Å². The molecule has 0 saturated carbocycles. The molecule has 0 aliphatic carbocycles. The van der Waals surface area contributed by atoms with Crippen LogP contribution in [-0.2, 0) is 28.6 Å². The van der Waals surface area contributed by atoms with E-state index < -0.39 is 6.10 Å². The lowest BCUT2D eigenvalue weighted by molar-refractivity contribution is -0.166. The lowest BCUT2D eigenvalue weighted by Crippen LogP contribution is -2.30. The molecule has 0 fully saturated rings. The van der Waals surface area contributed by atoms with E-state index in [0.717, 1.165) is 83.5 Å². The molecule has 0 aromatic carbocycles. The number of rotatable bonds is 44. The Bertz CT molecular complexity index is 1260. The fourth-order valence-corrected chi connectivity index (χ4v) is 6.52. The van der Waals surface area contributed by atoms with E-state index in [2.05, 4.69) is 112 Å². The summed E-state index contributed by atoms with van der Waals surface area (Å²) in [6.45, 7) is 6.38. The maximum absolute atomic E-state index is 12.8. The molecular weight excluding hydrogens is 769 g/mol. The average molecular weight is 861 g/mol. The van der Waals surface area contributed by atoms with Crippen molar-refractivity contribution < 1.29 is 28.6 Å². The summed E-state index contributed by atoms with van der Waals surface area (Å²) in [6.07, 6.45) is 65.5. The third kappa shape index (κ3) is 47.4. The molecule has 0 N–H and O–H groups in total. The number of unbranched alkanes of at least 4 members (excludes halogenated alkanes) is 17. The third-order valence-corrected chi connectivity index (χ3v) is 10.3. The first-order valence-corrected chi connectivity index (χ1v) is 25.2. The number of ether oxygens (including phenoxy) is 3. The van der Waals surface area contributed by atoms with Crippen LogP contribution in [0.1, 0.15) is 220 Å². The fraction of sp³-hybridized carbons (Fsp3) is 0.661. The van der Waals surface area contributed by atoms with Gasteiger partial charge in [0.15, 0.2) is 6.10 Å². The molecule has 0 bridgehead atoms. The number of carbonyl (C=O) groups excluding carboxylic acids is 3. The molecular formula is C56H92O6. The van der Waals surface area contributed by atoms with Crippen LogP contribution in [0.3, 0.4) is 0 Å². The maximum Gasteiger partial charge on any atom is 0.306 e. The lowest BCUT2D eigenvalue weighted by Gasteiger charge is -2.18. The van der Waals surface area contributed by atoms with Crippen LogP contribution in [0.2, 0.25) is 0 Å². The van der Waals surface area contributed by atoms with Gasteiger partial charge in [-0.1, -0.05) is 195 Å². The molecule has 0 heterocycles. The molecule has 0 amide bonds. The highest BCUT2D eigenvalue weighted by molar-refractivity contribution is 5.71. The van der Waals surface area contributed by atoms with Crippen molar-refractivity contribution in [2.45, 2.75) is 226 Å². The molecule has 0 radical (unpaired) electrons. The second-order valence-electron chi connectivity index (χ2n) is 16.3. The summed E-state index contributed by atoms with van der Waals surface area (Å²) >= 11 is 0. The molecule has 0 saturated heterocycles. The van der Waals surface area contributed by atoms with Crippen LogP contribution in [0.4, 0.5) is 0 Å². The number of allylic oxidation sites excluding steroid dienone is 16. The molecule has 1 unspecified atom stereocenters. The van der Waals surface area contributed by atoms with Gasteiger partial charge in [0.2, 0.25) is 0 Å². The highest BCUT2D eigenvalue weighted by atomic mass is 16.6. The number of hydrogen-bond acceptors (Lipinski definition) is 6. The van der Waals surface area contributed by atoms with Crippen molar-refractivity contribution in [2.75, 3.05) is 13.2 Å². The minimum Gasteiger partial charge on any atom is -0.462 e. The summed E-state index contributed by atoms with van der Waals surface area (Å²) in [5, 5.41) is 0. The van der Waals surface area contributed by atoms with Crippen molar-refractivity contribution in [3.63, 3.8) is 0 Å². The van der Waals surface area contributed by atoms with E-state index in [1.54, 1.807) is 0 Å². The highest BCUT2D eigenvalue weighted by Gasteiger charge is 2.19. The van der Waals surface area contributed by atoms with E-state index in [1.165, 1.54) is 83.5 Å². The van der Waals surface area contributed by atoms with E-state index in [0.29, 0.717) is 12.8 Å². The molecule has 0 aliphatic rings. The van der Waals surface area contributed by atoms with Crippen molar-refractivity contribution in [1.29, 1.82) is 0 Å². The second-order valence-corrected chi connectivity index (χ2v) is 16.3. The van der Waals surface area contributed by atoms with Gasteiger partial charge < -0.3 is 14.2 Å². The van der Waals surface area contributed by atoms with E-state index in [4.69, 9.17) is 14.2 Å². The topological polar surface area (TPSA) is 78.9 Å². The van der Waals surface area contributed by atoms with Crippen LogP contribution in [0.15, 0.2) is 97.2 Å². The Balaban J connectivity index is 4.57. The summed E-state index contributed by atoms with van der Waals surface area (Å²) in [7, 11) is 0. The predicted molar refractivity (Wildman–Crippen MR) is 265 cm³/mol. The van der Waals surface area contributed by atoms with Crippen molar-refractivity contribution in [2.24, 2.45) is 0 Å². The molecule has 0 spiro atoms. The molecule has 0 aromatic heterocycles. The molecule has 352 valence electrons. The lowest BCUT2D eigenvalue weighted by atomic mass is 10.1. The van der Waals surface area contributed by atoms with E-state index in [-0.39, 0.29) is 50.4 Å². The van der Waals surface area contributed by atoms with Crippen LogP contribution < -0.4 is 0 Å². The van der Waals surface area contributed by atoms with Gasteiger partial charge >= 0.3 is 17.9 Å². The highest BCUT2D eigenvalue weighted by Crippen LogP contribution is 2.11. The monoisotopic (exact) mass is 861 g/mol. The zero-order valence-corrected chi connectivity index (χ0v) is 40.1. The van der Waals surface area contributed by atoms with Gasteiger partial charge in [0, 0.05) is 19.3 Å². The number of carbonyl (C=O) groups is 3. The van der Waals surface area contributed by atoms with Gasteiger partial charge in [0.05, 0.1) is 0 Å². The Hall–Kier alpha value is -3.67. The Kier molecular flexibility index (Phi) is 47.0. The van der Waals surface area contributed by atoms with E-state index in [9.17, 15) is 14.4 Å². The fourth-order valence-electron chi connectivity index (χ4n) is 6.52. The predicted octanol–water partition coefficient (Wildman–Crippen LogP) is 16.6. The molecule has 0 rings (SSSR count). The van der Waals surface area contributed by atoms with Crippen LogP contribution >= 0.6 is 0 Å². The van der Waals surface area contributed by atoms with Crippen molar-refractivity contribution in [3.05, 3.63) is 97.2 Å². The first kappa shape index (κ1) is 58.3. The van der Waals surface area contributed by atoms with Crippen molar-refractivity contribution in [1.82, 2.24) is 0 Å². The standard InChI is InChI=1S/C56H92O6/c1-4-7-10-13-16-19-22-25-27-28-29-32-34-37-40-43-46-49-55(58)61-52-53(51-60-54(57)48-45-42-39-36-33-30-24-21-18-15-12-9-6-3)62-56(59)50-47-44-41-38-35-31-26-23-20-17-14-11-8-5-2/h8,11,17,20,25-27,29-33,37,39-40,42,53H,4-7,9-10,12-16,18-19,21-24,28,34-36,38,41,43-52H2,1-3H3/b11-8-,20-17-,27-25-,31-26-,32-29-,33-30-,40-37-,42-39-. The van der Waals surface area contributed by atoms with Gasteiger partial charge in [0.25, 0.3) is 0 Å². The maximum atomic E-state index is 12.8. The minimum absolute atomic E-state index is 0.131. The molecule has 6 heteroatoms. The summed E-state index contributed by atoms with van der Waals surface area (Å²) in [5.74, 6) is -1.08. The summed E-state index contributed by atoms with van der Waals surface area (Å²) in [4.78, 5) is 37.9. The quantitative estimate of drug-likeness (QED) is 0.0263. The van der Waals surface area contributed by atoms with Gasteiger partial charge in [-0.15, -0.1) is 0 Å². The number of esters is 3. The first-order valence-electron chi connectivity index (χ1n) is 25.2. The van der Waals surface area contributed by atoms with Crippen LogP contribution in [0.25, 0.3) is 0 Å². The van der Waals surface area contributed by atoms with Gasteiger partial charge in [-0.2, -0.15) is 0 Å². The summed E-state index contributed by atoms with van der Waals surface area (Å²) in [6, 6.07) is 0. The normalized spacial score (nSPS) is 12.9. The zero-order valence-electron chi connectivity index (χ0n) is 40.1. The van der Waals surface area contributed by atoms with Gasteiger partial charge in [-0.05, 0) is 103 Å². The largest absolute Gasteiger partial charge is 0.462 e. The third-order valence-electron chi connectivity index (χ3n) is 10.3. The van der Waals surface area contributed by atoms with Crippen molar-refractivity contribution in [3.8, 4) is 0 Å². The summed E-state index contributed by atoms with van der Waals surface area (Å²) < 4.78 is 16.6. The van der Waals surface area contributed by atoms with Gasteiger partial charge in [-0.25, -0.2) is 0 Å². The Morgan fingerprint density at radius 1 is 0.339 bits per heavy atom. The molecule has 0 aliphatic heterocycles. The molecule has 6 nitrogen and oxygen atoms in total. The Morgan fingerprint density at radius 3 is 1.13 bits per heavy atom. The summed E-state index contributed by atoms with van der Waals surface area (Å²) in [5.41, 5.74) is 0. The van der Waals surface area contributed by atoms with E-state index >= 15 is 0 Å². The second kappa shape index (κ2) is 50.0. The first-order chi connectivity index (χ1) is 30.5. The van der Waals surface area contributed by atoms with Crippen LogP contribution in [0, 0.1) is 0 Å². The van der Waals surface area contributed by atoms with Gasteiger partial charge in [-0.3, -0.25) is 14.4 Å². The van der Waals surface area contributed by atoms with Gasteiger partial charge in [0.1, 0.15) is 13.2 Å². The smallest absolute Gasteiger partial charge is 0.306 e. The molecule has 0 aromatic rings. The van der Waals surface area contributed by atoms with Crippen LogP contribution in [0.5, 0.6) is 0 Å². The Morgan fingerprint density at radius 2 is 0.677 bits per heavy atom. The van der Waals surface area contributed by atoms with Crippen molar-refractivity contribution >= 4 is 17.9 Å². The zero-order chi connectivity index (χ0) is 45.1. The number of hydrogen-bond donors (Lipinski definition) is 0. The van der Waals surface area contributed by atoms with Crippen LogP contribution in [-0.4, -0.2) is 37.2 Å².